The lowest BCUT2D eigenvalue weighted by Gasteiger charge is -2.14. The number of rotatable bonds is 6. The Kier molecular flexibility index (Phi) is 5.07. The highest BCUT2D eigenvalue weighted by molar-refractivity contribution is 7.16. The van der Waals surface area contributed by atoms with E-state index >= 15 is 0 Å². The lowest BCUT2D eigenvalue weighted by Crippen LogP contribution is -2.05. The number of thiophene rings is 1. The number of halogens is 1. The van der Waals surface area contributed by atoms with Gasteiger partial charge in [0, 0.05) is 17.0 Å². The summed E-state index contributed by atoms with van der Waals surface area (Å²) in [5, 5.41) is 0. The van der Waals surface area contributed by atoms with Gasteiger partial charge >= 0.3 is 0 Å². The zero-order valence-electron chi connectivity index (χ0n) is 10.7. The number of ether oxygens (including phenoxy) is 2. The van der Waals surface area contributed by atoms with Crippen LogP contribution >= 0.6 is 22.9 Å². The summed E-state index contributed by atoms with van der Waals surface area (Å²) in [6.45, 7) is 3.42. The third-order valence-electron chi connectivity index (χ3n) is 2.57. The Labute approximate surface area is 121 Å². The fraction of sp³-hybridized carbons (Fsp3) is 0.286. The fourth-order valence-electron chi connectivity index (χ4n) is 1.73. The minimum absolute atomic E-state index is 0.418. The molecule has 0 fully saturated rings. The highest BCUT2D eigenvalue weighted by atomic mass is 35.5. The van der Waals surface area contributed by atoms with Crippen LogP contribution in [0.5, 0.6) is 11.5 Å². The van der Waals surface area contributed by atoms with Gasteiger partial charge in [0.2, 0.25) is 0 Å². The molecule has 1 aromatic heterocycles. The largest absolute Gasteiger partial charge is 0.490 e. The molecule has 3 nitrogen and oxygen atoms in total. The molecule has 0 bridgehead atoms. The van der Waals surface area contributed by atoms with E-state index in [2.05, 4.69) is 0 Å². The van der Waals surface area contributed by atoms with Crippen LogP contribution in [-0.4, -0.2) is 6.61 Å². The quantitative estimate of drug-likeness (QED) is 0.881. The van der Waals surface area contributed by atoms with Gasteiger partial charge in [-0.05, 0) is 25.1 Å². The summed E-state index contributed by atoms with van der Waals surface area (Å²) in [5.41, 5.74) is 6.67. The van der Waals surface area contributed by atoms with Gasteiger partial charge in [0.1, 0.15) is 6.61 Å². The summed E-state index contributed by atoms with van der Waals surface area (Å²) in [5.74, 6) is 1.45. The maximum atomic E-state index is 5.90. The summed E-state index contributed by atoms with van der Waals surface area (Å²) in [6.07, 6.45) is 0. The molecule has 2 rings (SSSR count). The second-order valence-corrected chi connectivity index (χ2v) is 5.68. The van der Waals surface area contributed by atoms with E-state index in [1.54, 1.807) is 0 Å². The summed E-state index contributed by atoms with van der Waals surface area (Å²) in [4.78, 5) is 1.07. The van der Waals surface area contributed by atoms with E-state index in [1.165, 1.54) is 11.3 Å². The predicted octanol–water partition coefficient (Wildman–Crippen LogP) is 3.84. The first-order valence-electron chi connectivity index (χ1n) is 6.06. The molecule has 5 heteroatoms. The normalized spacial score (nSPS) is 10.5. The first-order chi connectivity index (χ1) is 9.24. The molecule has 2 N–H and O–H groups in total. The Morgan fingerprint density at radius 3 is 2.68 bits per heavy atom. The Bertz CT molecular complexity index is 542. The minimum Gasteiger partial charge on any atom is -0.490 e. The number of benzene rings is 1. The molecule has 2 aromatic rings. The monoisotopic (exact) mass is 297 g/mol. The molecule has 0 saturated carbocycles. The zero-order valence-corrected chi connectivity index (χ0v) is 12.3. The lowest BCUT2D eigenvalue weighted by atomic mass is 10.2. The van der Waals surface area contributed by atoms with E-state index in [-0.39, 0.29) is 0 Å². The van der Waals surface area contributed by atoms with E-state index in [9.17, 15) is 0 Å². The first kappa shape index (κ1) is 14.2. The Morgan fingerprint density at radius 1 is 1.21 bits per heavy atom. The van der Waals surface area contributed by atoms with Crippen molar-refractivity contribution in [2.75, 3.05) is 6.61 Å². The molecule has 0 atom stereocenters. The highest BCUT2D eigenvalue weighted by Gasteiger charge is 2.10. The van der Waals surface area contributed by atoms with Gasteiger partial charge < -0.3 is 15.2 Å². The van der Waals surface area contributed by atoms with Crippen LogP contribution in [-0.2, 0) is 13.2 Å². The maximum Gasteiger partial charge on any atom is 0.166 e. The van der Waals surface area contributed by atoms with E-state index < -0.39 is 0 Å². The molecule has 0 aliphatic rings. The van der Waals surface area contributed by atoms with Crippen molar-refractivity contribution < 1.29 is 9.47 Å². The van der Waals surface area contributed by atoms with Gasteiger partial charge in [0.05, 0.1) is 10.9 Å². The average molecular weight is 298 g/mol. The smallest absolute Gasteiger partial charge is 0.166 e. The molecule has 0 spiro atoms. The summed E-state index contributed by atoms with van der Waals surface area (Å²) >= 11 is 7.41. The molecule has 102 valence electrons. The van der Waals surface area contributed by atoms with Crippen LogP contribution in [0.1, 0.15) is 17.4 Å². The number of hydrogen-bond donors (Lipinski definition) is 1. The highest BCUT2D eigenvalue weighted by Crippen LogP contribution is 2.32. The molecule has 1 heterocycles. The van der Waals surface area contributed by atoms with Crippen molar-refractivity contribution in [1.29, 1.82) is 0 Å². The topological polar surface area (TPSA) is 44.5 Å². The second kappa shape index (κ2) is 6.80. The molecule has 0 aliphatic heterocycles. The van der Waals surface area contributed by atoms with E-state index in [4.69, 9.17) is 26.8 Å². The molecule has 0 saturated heterocycles. The second-order valence-electron chi connectivity index (χ2n) is 3.88. The SMILES string of the molecule is CCOc1cccc(CN)c1OCc1ccc(Cl)s1. The van der Waals surface area contributed by atoms with Crippen LogP contribution in [0.3, 0.4) is 0 Å². The van der Waals surface area contributed by atoms with Gasteiger partial charge in [-0.25, -0.2) is 0 Å². The van der Waals surface area contributed by atoms with Crippen molar-refractivity contribution in [3.63, 3.8) is 0 Å². The lowest BCUT2D eigenvalue weighted by molar-refractivity contribution is 0.269. The van der Waals surface area contributed by atoms with Gasteiger partial charge in [0.15, 0.2) is 11.5 Å². The van der Waals surface area contributed by atoms with Gasteiger partial charge in [0.25, 0.3) is 0 Å². The molecular formula is C14H16ClNO2S. The number of nitrogens with two attached hydrogens (primary N) is 1. The molecule has 19 heavy (non-hydrogen) atoms. The Balaban J connectivity index is 2.17. The van der Waals surface area contributed by atoms with Crippen molar-refractivity contribution in [3.8, 4) is 11.5 Å². The van der Waals surface area contributed by atoms with Crippen LogP contribution in [0.25, 0.3) is 0 Å². The predicted molar refractivity (Wildman–Crippen MR) is 79.2 cm³/mol. The Hall–Kier alpha value is -1.23. The zero-order chi connectivity index (χ0) is 13.7. The van der Waals surface area contributed by atoms with Crippen LogP contribution in [0, 0.1) is 0 Å². The summed E-state index contributed by atoms with van der Waals surface area (Å²) in [6, 6.07) is 9.57. The van der Waals surface area contributed by atoms with Crippen LogP contribution in [0.15, 0.2) is 30.3 Å². The molecule has 1 aromatic carbocycles. The van der Waals surface area contributed by atoms with Gasteiger partial charge in [-0.3, -0.25) is 0 Å². The first-order valence-corrected chi connectivity index (χ1v) is 7.25. The minimum atomic E-state index is 0.418. The Morgan fingerprint density at radius 2 is 2.05 bits per heavy atom. The van der Waals surface area contributed by atoms with E-state index in [1.807, 2.05) is 37.3 Å². The number of para-hydroxylation sites is 1. The van der Waals surface area contributed by atoms with Gasteiger partial charge in [-0.2, -0.15) is 0 Å². The van der Waals surface area contributed by atoms with Crippen molar-refractivity contribution in [2.45, 2.75) is 20.1 Å². The van der Waals surface area contributed by atoms with Crippen LogP contribution in [0.4, 0.5) is 0 Å². The van der Waals surface area contributed by atoms with Gasteiger partial charge in [-0.1, -0.05) is 23.7 Å². The molecule has 0 amide bonds. The average Bonchev–Trinajstić information content (AvgIpc) is 2.83. The van der Waals surface area contributed by atoms with Gasteiger partial charge in [-0.15, -0.1) is 11.3 Å². The van der Waals surface area contributed by atoms with Crippen molar-refractivity contribution >= 4 is 22.9 Å². The maximum absolute atomic E-state index is 5.90. The van der Waals surface area contributed by atoms with Crippen LogP contribution < -0.4 is 15.2 Å². The summed E-state index contributed by atoms with van der Waals surface area (Å²) in [7, 11) is 0. The molecule has 0 aliphatic carbocycles. The molecule has 0 unspecified atom stereocenters. The molecule has 0 radical (unpaired) electrons. The van der Waals surface area contributed by atoms with E-state index in [0.29, 0.717) is 19.8 Å². The van der Waals surface area contributed by atoms with E-state index in [0.717, 1.165) is 26.3 Å². The summed E-state index contributed by atoms with van der Waals surface area (Å²) < 4.78 is 12.2. The fourth-order valence-corrected chi connectivity index (χ4v) is 2.73. The standard InChI is InChI=1S/C14H16ClNO2S/c1-2-17-12-5-3-4-10(8-16)14(12)18-9-11-6-7-13(15)19-11/h3-7H,2,8-9,16H2,1H3. The third-order valence-corrected chi connectivity index (χ3v) is 3.77. The number of hydrogen-bond acceptors (Lipinski definition) is 4. The third kappa shape index (κ3) is 3.62. The molecular weight excluding hydrogens is 282 g/mol. The van der Waals surface area contributed by atoms with Crippen molar-refractivity contribution in [3.05, 3.63) is 45.1 Å². The van der Waals surface area contributed by atoms with Crippen molar-refractivity contribution in [1.82, 2.24) is 0 Å². The van der Waals surface area contributed by atoms with Crippen molar-refractivity contribution in [2.24, 2.45) is 5.73 Å². The van der Waals surface area contributed by atoms with Crippen LogP contribution in [0.2, 0.25) is 4.34 Å².